The number of hydrogen-bond acceptors (Lipinski definition) is 6. The van der Waals surface area contributed by atoms with Gasteiger partial charge in [-0.25, -0.2) is 13.1 Å². The first-order valence-corrected chi connectivity index (χ1v) is 9.49. The second kappa shape index (κ2) is 5.82. The van der Waals surface area contributed by atoms with Crippen LogP contribution in [0.15, 0.2) is 29.4 Å². The van der Waals surface area contributed by atoms with Gasteiger partial charge in [-0.3, -0.25) is 0 Å². The number of aromatic nitrogens is 4. The van der Waals surface area contributed by atoms with Crippen molar-refractivity contribution < 1.29 is 13.2 Å². The third-order valence-electron chi connectivity index (χ3n) is 5.10. The minimum absolute atomic E-state index is 0.0546. The van der Waals surface area contributed by atoms with Crippen molar-refractivity contribution in [3.63, 3.8) is 0 Å². The summed E-state index contributed by atoms with van der Waals surface area (Å²) < 4.78 is 35.1. The fourth-order valence-electron chi connectivity index (χ4n) is 3.94. The normalized spacial score (nSPS) is 26.0. The molecule has 0 amide bonds. The molecule has 1 N–H and O–H groups in total. The molecule has 2 aliphatic rings. The van der Waals surface area contributed by atoms with E-state index in [2.05, 4.69) is 20.2 Å². The van der Waals surface area contributed by atoms with Gasteiger partial charge in [-0.1, -0.05) is 6.42 Å². The monoisotopic (exact) mass is 349 g/mol. The van der Waals surface area contributed by atoms with Crippen LogP contribution >= 0.6 is 0 Å². The third kappa shape index (κ3) is 2.67. The molecule has 128 valence electrons. The van der Waals surface area contributed by atoms with E-state index in [0.29, 0.717) is 23.3 Å². The van der Waals surface area contributed by atoms with Crippen molar-refractivity contribution in [1.82, 2.24) is 24.9 Å². The highest BCUT2D eigenvalue weighted by Gasteiger charge is 2.41. The van der Waals surface area contributed by atoms with E-state index in [0.717, 1.165) is 19.3 Å². The van der Waals surface area contributed by atoms with Crippen LogP contribution in [0.3, 0.4) is 0 Å². The topological polar surface area (TPSA) is 99.0 Å². The molecule has 8 nitrogen and oxygen atoms in total. The van der Waals surface area contributed by atoms with Crippen molar-refractivity contribution in [2.24, 2.45) is 11.8 Å². The van der Waals surface area contributed by atoms with E-state index in [1.165, 1.54) is 30.6 Å². The molecule has 1 aromatic carbocycles. The summed E-state index contributed by atoms with van der Waals surface area (Å²) in [4.78, 5) is 0.193. The molecule has 0 unspecified atom stereocenters. The lowest BCUT2D eigenvalue weighted by atomic mass is 9.96. The van der Waals surface area contributed by atoms with Gasteiger partial charge in [-0.05, 0) is 53.7 Å². The minimum atomic E-state index is -3.58. The summed E-state index contributed by atoms with van der Waals surface area (Å²) in [5.74, 6) is 1.56. The van der Waals surface area contributed by atoms with Crippen molar-refractivity contribution in [2.75, 3.05) is 7.11 Å². The number of sulfonamides is 1. The average molecular weight is 349 g/mol. The first-order chi connectivity index (χ1) is 11.6. The smallest absolute Gasteiger partial charge is 0.240 e. The van der Waals surface area contributed by atoms with E-state index >= 15 is 0 Å². The summed E-state index contributed by atoms with van der Waals surface area (Å²) in [6, 6.07) is 4.76. The first-order valence-electron chi connectivity index (χ1n) is 8.00. The predicted molar refractivity (Wildman–Crippen MR) is 85.3 cm³/mol. The van der Waals surface area contributed by atoms with Crippen molar-refractivity contribution in [3.8, 4) is 11.4 Å². The summed E-state index contributed by atoms with van der Waals surface area (Å²) in [6.45, 7) is 0. The van der Waals surface area contributed by atoms with Gasteiger partial charge in [0.05, 0.1) is 12.0 Å². The Hall–Kier alpha value is -2.00. The lowest BCUT2D eigenvalue weighted by molar-refractivity contribution is 0.389. The Morgan fingerprint density at radius 2 is 2.17 bits per heavy atom. The largest absolute Gasteiger partial charge is 0.494 e. The number of nitrogens with zero attached hydrogens (tertiary/aromatic N) is 4. The van der Waals surface area contributed by atoms with Gasteiger partial charge in [-0.15, -0.1) is 5.10 Å². The Morgan fingerprint density at radius 3 is 2.79 bits per heavy atom. The zero-order valence-electron chi connectivity index (χ0n) is 13.3. The van der Waals surface area contributed by atoms with E-state index < -0.39 is 10.0 Å². The standard InChI is InChI=1S/C15H19N5O3S/c1-23-15-8-12(4-5-14(15)20-9-16-18-19-20)24(21,22)17-13-7-10-2-3-11(13)6-10/h4-5,8-11,13,17H,2-3,6-7H2,1H3/t10-,11+,13-/m1/s1. The second-order valence-electron chi connectivity index (χ2n) is 6.49. The molecule has 2 aromatic rings. The molecule has 24 heavy (non-hydrogen) atoms. The summed E-state index contributed by atoms with van der Waals surface area (Å²) in [5, 5.41) is 11.0. The van der Waals surface area contributed by atoms with Gasteiger partial charge >= 0.3 is 0 Å². The quantitative estimate of drug-likeness (QED) is 0.869. The van der Waals surface area contributed by atoms with E-state index in [-0.39, 0.29) is 10.9 Å². The lowest BCUT2D eigenvalue weighted by Crippen LogP contribution is -2.38. The van der Waals surface area contributed by atoms with E-state index in [4.69, 9.17) is 4.74 Å². The van der Waals surface area contributed by atoms with Crippen LogP contribution in [0, 0.1) is 11.8 Å². The van der Waals surface area contributed by atoms with Crippen molar-refractivity contribution in [1.29, 1.82) is 0 Å². The molecule has 1 heterocycles. The molecule has 0 saturated heterocycles. The number of rotatable bonds is 5. The van der Waals surface area contributed by atoms with Crippen molar-refractivity contribution in [2.45, 2.75) is 36.6 Å². The molecule has 1 aromatic heterocycles. The Morgan fingerprint density at radius 1 is 1.29 bits per heavy atom. The van der Waals surface area contributed by atoms with Gasteiger partial charge in [0.1, 0.15) is 17.8 Å². The van der Waals surface area contributed by atoms with Crippen LogP contribution in [-0.2, 0) is 10.0 Å². The molecule has 0 spiro atoms. The third-order valence-corrected chi connectivity index (χ3v) is 6.59. The van der Waals surface area contributed by atoms with Crippen LogP contribution in [0.25, 0.3) is 5.69 Å². The fourth-order valence-corrected chi connectivity index (χ4v) is 5.28. The van der Waals surface area contributed by atoms with Gasteiger partial charge in [0.25, 0.3) is 0 Å². The van der Waals surface area contributed by atoms with Gasteiger partial charge in [-0.2, -0.15) is 4.68 Å². The molecule has 3 atom stereocenters. The van der Waals surface area contributed by atoms with Crippen LogP contribution < -0.4 is 9.46 Å². The van der Waals surface area contributed by atoms with E-state index in [1.54, 1.807) is 12.1 Å². The number of benzene rings is 1. The number of tetrazole rings is 1. The van der Waals surface area contributed by atoms with Crippen LogP contribution in [0.5, 0.6) is 5.75 Å². The molecule has 2 saturated carbocycles. The summed E-state index contributed by atoms with van der Waals surface area (Å²) in [7, 11) is -2.09. The fraction of sp³-hybridized carbons (Fsp3) is 0.533. The van der Waals surface area contributed by atoms with Crippen LogP contribution in [-0.4, -0.2) is 41.8 Å². The SMILES string of the molecule is COc1cc(S(=O)(=O)N[C@@H]2C[C@@H]3CC[C@H]2C3)ccc1-n1cnnn1. The maximum absolute atomic E-state index is 12.7. The van der Waals surface area contributed by atoms with Crippen molar-refractivity contribution >= 4 is 10.0 Å². The zero-order chi connectivity index (χ0) is 16.7. The number of ether oxygens (including phenoxy) is 1. The molecule has 9 heteroatoms. The molecular formula is C15H19N5O3S. The number of nitrogens with one attached hydrogen (secondary N) is 1. The predicted octanol–water partition coefficient (Wildman–Crippen LogP) is 1.14. The second-order valence-corrected chi connectivity index (χ2v) is 8.20. The molecule has 4 rings (SSSR count). The Balaban J connectivity index is 1.61. The number of methoxy groups -OCH3 is 1. The molecular weight excluding hydrogens is 330 g/mol. The maximum atomic E-state index is 12.7. The molecule has 2 fully saturated rings. The molecule has 2 aliphatic carbocycles. The van der Waals surface area contributed by atoms with Crippen LogP contribution in [0.2, 0.25) is 0 Å². The Bertz CT molecular complexity index is 837. The van der Waals surface area contributed by atoms with E-state index in [1.807, 2.05) is 0 Å². The lowest BCUT2D eigenvalue weighted by Gasteiger charge is -2.23. The van der Waals surface area contributed by atoms with Gasteiger partial charge < -0.3 is 4.74 Å². The summed E-state index contributed by atoms with van der Waals surface area (Å²) in [5.41, 5.74) is 0.585. The molecule has 0 aliphatic heterocycles. The molecule has 2 bridgehead atoms. The Kier molecular flexibility index (Phi) is 3.76. The highest BCUT2D eigenvalue weighted by molar-refractivity contribution is 7.89. The number of hydrogen-bond donors (Lipinski definition) is 1. The van der Waals surface area contributed by atoms with Crippen LogP contribution in [0.4, 0.5) is 0 Å². The zero-order valence-corrected chi connectivity index (χ0v) is 14.1. The summed E-state index contributed by atoms with van der Waals surface area (Å²) >= 11 is 0. The van der Waals surface area contributed by atoms with E-state index in [9.17, 15) is 8.42 Å². The number of fused-ring (bicyclic) bond motifs is 2. The first kappa shape index (κ1) is 15.5. The highest BCUT2D eigenvalue weighted by atomic mass is 32.2. The van der Waals surface area contributed by atoms with Crippen LogP contribution in [0.1, 0.15) is 25.7 Å². The maximum Gasteiger partial charge on any atom is 0.240 e. The van der Waals surface area contributed by atoms with Gasteiger partial charge in [0.15, 0.2) is 0 Å². The molecule has 0 radical (unpaired) electrons. The van der Waals surface area contributed by atoms with Gasteiger partial charge in [0, 0.05) is 12.1 Å². The summed E-state index contributed by atoms with van der Waals surface area (Å²) in [6.07, 6.45) is 5.88. The Labute approximate surface area is 140 Å². The highest BCUT2D eigenvalue weighted by Crippen LogP contribution is 2.44. The van der Waals surface area contributed by atoms with Crippen molar-refractivity contribution in [3.05, 3.63) is 24.5 Å². The minimum Gasteiger partial charge on any atom is -0.494 e. The average Bonchev–Trinajstić information content (AvgIpc) is 3.31. The van der Waals surface area contributed by atoms with Gasteiger partial charge in [0.2, 0.25) is 10.0 Å².